The predicted octanol–water partition coefficient (Wildman–Crippen LogP) is 4.09. The number of hydrogen-bond acceptors (Lipinski definition) is 8. The zero-order valence-electron chi connectivity index (χ0n) is 17.8. The van der Waals surface area contributed by atoms with Crippen LogP contribution >= 0.6 is 11.3 Å². The molecule has 0 aliphatic carbocycles. The van der Waals surface area contributed by atoms with E-state index in [9.17, 15) is 9.18 Å². The summed E-state index contributed by atoms with van der Waals surface area (Å²) in [6, 6.07) is 4.85. The van der Waals surface area contributed by atoms with E-state index in [1.165, 1.54) is 17.4 Å². The van der Waals surface area contributed by atoms with Crippen LogP contribution in [0.1, 0.15) is 37.5 Å². The number of nitrogens with zero attached hydrogens (tertiary/aromatic N) is 5. The van der Waals surface area contributed by atoms with Gasteiger partial charge in [0, 0.05) is 25.1 Å². The number of hydrogen-bond donors (Lipinski definition) is 1. The van der Waals surface area contributed by atoms with Gasteiger partial charge in [-0.15, -0.1) is 10.2 Å². The highest BCUT2D eigenvalue weighted by Gasteiger charge is 2.28. The predicted molar refractivity (Wildman–Crippen MR) is 116 cm³/mol. The molecule has 164 valence electrons. The van der Waals surface area contributed by atoms with Crippen LogP contribution in [-0.2, 0) is 11.2 Å². The van der Waals surface area contributed by atoms with Gasteiger partial charge in [-0.05, 0) is 43.9 Å². The number of halogens is 1. The van der Waals surface area contributed by atoms with Crippen LogP contribution in [0.15, 0.2) is 22.7 Å². The third kappa shape index (κ3) is 5.07. The van der Waals surface area contributed by atoms with Gasteiger partial charge >= 0.3 is 0 Å². The molecule has 0 spiro atoms. The maximum absolute atomic E-state index is 14.9. The normalized spacial score (nSPS) is 16.7. The molecule has 0 saturated carbocycles. The maximum Gasteiger partial charge on any atom is 0.258 e. The minimum atomic E-state index is -0.378. The van der Waals surface area contributed by atoms with Gasteiger partial charge in [0.05, 0.1) is 11.6 Å². The molecule has 1 atom stereocenters. The van der Waals surface area contributed by atoms with Gasteiger partial charge in [0.15, 0.2) is 5.82 Å². The van der Waals surface area contributed by atoms with Gasteiger partial charge in [-0.1, -0.05) is 30.3 Å². The van der Waals surface area contributed by atoms with E-state index in [0.717, 1.165) is 24.3 Å². The zero-order valence-corrected chi connectivity index (χ0v) is 18.6. The first-order chi connectivity index (χ1) is 14.9. The fourth-order valence-corrected chi connectivity index (χ4v) is 4.62. The van der Waals surface area contributed by atoms with E-state index < -0.39 is 0 Å². The van der Waals surface area contributed by atoms with Gasteiger partial charge in [0.1, 0.15) is 10.8 Å². The monoisotopic (exact) mass is 444 g/mol. The minimum absolute atomic E-state index is 0.102. The first-order valence-electron chi connectivity index (χ1n) is 10.4. The largest absolute Gasteiger partial charge is 0.368 e. The summed E-state index contributed by atoms with van der Waals surface area (Å²) in [5, 5.41) is 16.3. The molecule has 1 aromatic carbocycles. The van der Waals surface area contributed by atoms with Crippen LogP contribution in [0.5, 0.6) is 0 Å². The summed E-state index contributed by atoms with van der Waals surface area (Å²) < 4.78 is 20.0. The van der Waals surface area contributed by atoms with Crippen molar-refractivity contribution in [3.63, 3.8) is 0 Å². The van der Waals surface area contributed by atoms with Gasteiger partial charge in [0.25, 0.3) is 5.89 Å². The van der Waals surface area contributed by atoms with E-state index >= 15 is 0 Å². The number of piperidine rings is 1. The number of aryl methyl sites for hydroxylation is 1. The molecule has 2 aromatic heterocycles. The van der Waals surface area contributed by atoms with Crippen molar-refractivity contribution in [1.29, 1.82) is 0 Å². The molecule has 8 nitrogen and oxygen atoms in total. The Morgan fingerprint density at radius 1 is 1.39 bits per heavy atom. The van der Waals surface area contributed by atoms with Crippen molar-refractivity contribution in [2.45, 2.75) is 40.0 Å². The summed E-state index contributed by atoms with van der Waals surface area (Å²) in [6.07, 6.45) is 2.39. The van der Waals surface area contributed by atoms with Gasteiger partial charge in [-0.2, -0.15) is 4.98 Å². The minimum Gasteiger partial charge on any atom is -0.368 e. The number of benzene rings is 1. The van der Waals surface area contributed by atoms with Crippen LogP contribution in [0.4, 0.5) is 15.2 Å². The van der Waals surface area contributed by atoms with Crippen molar-refractivity contribution in [3.05, 3.63) is 34.8 Å². The van der Waals surface area contributed by atoms with Crippen LogP contribution in [0.25, 0.3) is 11.5 Å². The third-order valence-electron chi connectivity index (χ3n) is 5.13. The molecule has 1 unspecified atom stereocenters. The van der Waals surface area contributed by atoms with Gasteiger partial charge in [0.2, 0.25) is 11.0 Å². The lowest BCUT2D eigenvalue weighted by molar-refractivity contribution is -0.120. The van der Waals surface area contributed by atoms with E-state index in [4.69, 9.17) is 4.52 Å². The molecule has 1 aliphatic heterocycles. The maximum atomic E-state index is 14.9. The summed E-state index contributed by atoms with van der Waals surface area (Å²) in [7, 11) is 0. The molecule has 3 aromatic rings. The number of carbonyl (C=O) groups excluding carboxylic acids is 1. The first kappa shape index (κ1) is 21.4. The number of aromatic nitrogens is 4. The highest BCUT2D eigenvalue weighted by atomic mass is 32.1. The highest BCUT2D eigenvalue weighted by Crippen LogP contribution is 2.30. The zero-order chi connectivity index (χ0) is 22.0. The van der Waals surface area contributed by atoms with Crippen LogP contribution in [-0.4, -0.2) is 39.3 Å². The number of carbonyl (C=O) groups is 1. The van der Waals surface area contributed by atoms with Crippen molar-refractivity contribution < 1.29 is 13.7 Å². The molecule has 1 fully saturated rings. The van der Waals surface area contributed by atoms with Crippen molar-refractivity contribution in [2.75, 3.05) is 23.3 Å². The molecule has 0 radical (unpaired) electrons. The number of amides is 1. The summed E-state index contributed by atoms with van der Waals surface area (Å²) in [5.41, 5.74) is 0.995. The topological polar surface area (TPSA) is 97.0 Å². The second kappa shape index (κ2) is 9.09. The average Bonchev–Trinajstić information content (AvgIpc) is 3.36. The Labute approximate surface area is 183 Å². The van der Waals surface area contributed by atoms with Gasteiger partial charge in [-0.25, -0.2) is 4.39 Å². The fourth-order valence-electron chi connectivity index (χ4n) is 3.66. The van der Waals surface area contributed by atoms with Gasteiger partial charge in [-0.3, -0.25) is 4.79 Å². The lowest BCUT2D eigenvalue weighted by atomic mass is 9.96. The van der Waals surface area contributed by atoms with E-state index in [-0.39, 0.29) is 23.5 Å². The van der Waals surface area contributed by atoms with Gasteiger partial charge < -0.3 is 14.7 Å². The molecule has 3 heterocycles. The van der Waals surface area contributed by atoms with E-state index in [0.29, 0.717) is 41.2 Å². The number of anilines is 2. The molecule has 0 bridgehead atoms. The molecular weight excluding hydrogens is 419 g/mol. The van der Waals surface area contributed by atoms with Crippen LogP contribution in [0, 0.1) is 24.6 Å². The van der Waals surface area contributed by atoms with Crippen molar-refractivity contribution in [1.82, 2.24) is 20.3 Å². The molecule has 1 aliphatic rings. The number of nitrogens with one attached hydrogen (secondary N) is 1. The molecule has 1 amide bonds. The van der Waals surface area contributed by atoms with Crippen molar-refractivity contribution >= 4 is 28.1 Å². The highest BCUT2D eigenvalue weighted by molar-refractivity contribution is 7.15. The Hall–Kier alpha value is -2.88. The molecular formula is C21H25FN6O2S. The Balaban J connectivity index is 1.42. The number of rotatable bonds is 6. The van der Waals surface area contributed by atoms with E-state index in [1.807, 2.05) is 4.90 Å². The van der Waals surface area contributed by atoms with Crippen LogP contribution in [0.2, 0.25) is 0 Å². The molecule has 4 rings (SSSR count). The summed E-state index contributed by atoms with van der Waals surface area (Å²) in [6.45, 7) is 7.08. The Bertz CT molecular complexity index is 1070. The molecule has 1 N–H and O–H groups in total. The average molecular weight is 445 g/mol. The third-order valence-corrected chi connectivity index (χ3v) is 6.00. The van der Waals surface area contributed by atoms with Crippen molar-refractivity contribution in [3.8, 4) is 11.5 Å². The Kier molecular flexibility index (Phi) is 6.26. The van der Waals surface area contributed by atoms with Crippen LogP contribution < -0.4 is 10.2 Å². The standard InChI is InChI=1S/C21H25FN6O2S/c1-12(2)9-18-25-26-21(31-18)24-19(29)15-5-4-8-28(11-15)17-7-6-14(10-16(17)22)20-23-13(3)27-30-20/h6-7,10,12,15H,4-5,8-9,11H2,1-3H3,(H,24,26,29). The molecule has 10 heteroatoms. The first-order valence-corrected chi connectivity index (χ1v) is 11.2. The Morgan fingerprint density at radius 2 is 2.23 bits per heavy atom. The smallest absolute Gasteiger partial charge is 0.258 e. The van der Waals surface area contributed by atoms with Crippen molar-refractivity contribution in [2.24, 2.45) is 11.8 Å². The SMILES string of the molecule is Cc1noc(-c2ccc(N3CCCC(C(=O)Nc4nnc(CC(C)C)s4)C3)c(F)c2)n1. The summed E-state index contributed by atoms with van der Waals surface area (Å²) in [5.74, 6) is 0.536. The lowest BCUT2D eigenvalue weighted by Gasteiger charge is -2.33. The summed E-state index contributed by atoms with van der Waals surface area (Å²) >= 11 is 1.41. The summed E-state index contributed by atoms with van der Waals surface area (Å²) in [4.78, 5) is 18.8. The van der Waals surface area contributed by atoms with E-state index in [1.54, 1.807) is 19.1 Å². The van der Waals surface area contributed by atoms with Crippen LogP contribution in [0.3, 0.4) is 0 Å². The molecule has 31 heavy (non-hydrogen) atoms. The Morgan fingerprint density at radius 3 is 2.94 bits per heavy atom. The fraction of sp³-hybridized carbons (Fsp3) is 0.476. The second-order valence-corrected chi connectivity index (χ2v) is 9.25. The lowest BCUT2D eigenvalue weighted by Crippen LogP contribution is -2.41. The second-order valence-electron chi connectivity index (χ2n) is 8.19. The quantitative estimate of drug-likeness (QED) is 0.612. The molecule has 1 saturated heterocycles. The van der Waals surface area contributed by atoms with E-state index in [2.05, 4.69) is 39.5 Å².